The number of hydrogen-bond acceptors (Lipinski definition) is 3. The Balaban J connectivity index is 1.89. The van der Waals surface area contributed by atoms with E-state index in [1.807, 2.05) is 37.5 Å². The van der Waals surface area contributed by atoms with Crippen molar-refractivity contribution in [3.63, 3.8) is 0 Å². The molecule has 2 aromatic carbocycles. The molecule has 0 spiro atoms. The first kappa shape index (κ1) is 18.8. The van der Waals surface area contributed by atoms with Gasteiger partial charge in [0.1, 0.15) is 5.65 Å². The Morgan fingerprint density at radius 3 is 2.14 bits per heavy atom. The molecule has 0 bridgehead atoms. The molecular weight excluding hydrogens is 360 g/mol. The average molecular weight is 382 g/mol. The maximum Gasteiger partial charge on any atom is 0.202 e. The number of carbonyl (C=O) groups is 1. The summed E-state index contributed by atoms with van der Waals surface area (Å²) in [5.41, 5.74) is 5.14. The van der Waals surface area contributed by atoms with Crippen LogP contribution in [0.4, 0.5) is 0 Å². The van der Waals surface area contributed by atoms with E-state index in [4.69, 9.17) is 0 Å². The van der Waals surface area contributed by atoms with E-state index in [1.54, 1.807) is 30.5 Å². The summed E-state index contributed by atoms with van der Waals surface area (Å²) < 4.78 is 1.90. The van der Waals surface area contributed by atoms with Crippen LogP contribution in [0.15, 0.2) is 71.7 Å². The molecule has 0 aliphatic carbocycles. The molecule has 0 saturated carbocycles. The first-order valence-electron chi connectivity index (χ1n) is 9.60. The number of nitrogens with zero attached hydrogens (tertiary/aromatic N) is 2. The van der Waals surface area contributed by atoms with Gasteiger partial charge in [0.25, 0.3) is 0 Å². The highest BCUT2D eigenvalue weighted by Gasteiger charge is 2.18. The summed E-state index contributed by atoms with van der Waals surface area (Å²) in [6.45, 7) is 6.43. The molecule has 0 saturated heterocycles. The van der Waals surface area contributed by atoms with Gasteiger partial charge < -0.3 is 4.57 Å². The number of benzene rings is 2. The van der Waals surface area contributed by atoms with Gasteiger partial charge in [0.15, 0.2) is 5.78 Å². The van der Waals surface area contributed by atoms with Gasteiger partial charge in [-0.05, 0) is 38.5 Å². The topological polar surface area (TPSA) is 52.0 Å². The van der Waals surface area contributed by atoms with Gasteiger partial charge in [0.2, 0.25) is 5.43 Å². The Morgan fingerprint density at radius 1 is 0.862 bits per heavy atom. The highest BCUT2D eigenvalue weighted by atomic mass is 16.1. The summed E-state index contributed by atoms with van der Waals surface area (Å²) in [7, 11) is 0. The van der Waals surface area contributed by atoms with Crippen molar-refractivity contribution in [2.75, 3.05) is 0 Å². The molecule has 2 aromatic heterocycles. The summed E-state index contributed by atoms with van der Waals surface area (Å²) in [6, 6.07) is 19.1. The number of aromatic nitrogens is 2. The number of aryl methyl sites for hydroxylation is 3. The molecule has 0 radical (unpaired) electrons. The monoisotopic (exact) mass is 382 g/mol. The molecule has 2 heterocycles. The van der Waals surface area contributed by atoms with Gasteiger partial charge in [0, 0.05) is 24.0 Å². The van der Waals surface area contributed by atoms with Crippen molar-refractivity contribution in [3.8, 4) is 0 Å². The van der Waals surface area contributed by atoms with Crippen molar-refractivity contribution in [1.82, 2.24) is 9.55 Å². The predicted molar refractivity (Wildman–Crippen MR) is 116 cm³/mol. The number of rotatable bonds is 4. The zero-order chi connectivity index (χ0) is 20.5. The minimum atomic E-state index is -0.279. The van der Waals surface area contributed by atoms with Crippen LogP contribution in [0.2, 0.25) is 0 Å². The van der Waals surface area contributed by atoms with Crippen LogP contribution < -0.4 is 5.43 Å². The first-order chi connectivity index (χ1) is 13.9. The SMILES string of the molecule is Cc1ccc(Cn2cc(C(=O)c3ccc(C)cc3)c(=O)c3ccc(C)nc32)cc1. The Labute approximate surface area is 169 Å². The number of ketones is 1. The molecule has 4 heteroatoms. The quantitative estimate of drug-likeness (QED) is 0.485. The summed E-state index contributed by atoms with van der Waals surface area (Å²) in [4.78, 5) is 30.8. The second kappa shape index (κ2) is 7.47. The Bertz CT molecular complexity index is 1270. The van der Waals surface area contributed by atoms with E-state index in [0.717, 1.165) is 16.8 Å². The number of hydrogen-bond donors (Lipinski definition) is 0. The third-order valence-electron chi connectivity index (χ3n) is 5.09. The average Bonchev–Trinajstić information content (AvgIpc) is 2.71. The number of carbonyl (C=O) groups excluding carboxylic acids is 1. The standard InChI is InChI=1S/C25H22N2O2/c1-16-4-9-19(10-5-16)14-27-15-22(23(28)20-11-6-17(2)7-12-20)24(29)21-13-8-18(3)26-25(21)27/h4-13,15H,14H2,1-3H3. The molecule has 144 valence electrons. The van der Waals surface area contributed by atoms with Crippen molar-refractivity contribution in [1.29, 1.82) is 0 Å². The van der Waals surface area contributed by atoms with Gasteiger partial charge in [-0.3, -0.25) is 9.59 Å². The van der Waals surface area contributed by atoms with Crippen LogP contribution in [0.5, 0.6) is 0 Å². The molecular formula is C25H22N2O2. The lowest BCUT2D eigenvalue weighted by Crippen LogP contribution is -2.21. The zero-order valence-electron chi connectivity index (χ0n) is 16.8. The molecule has 0 aliphatic heterocycles. The third kappa shape index (κ3) is 3.74. The fourth-order valence-electron chi connectivity index (χ4n) is 3.39. The fourth-order valence-corrected chi connectivity index (χ4v) is 3.39. The highest BCUT2D eigenvalue weighted by Crippen LogP contribution is 2.16. The van der Waals surface area contributed by atoms with E-state index in [9.17, 15) is 9.59 Å². The first-order valence-corrected chi connectivity index (χ1v) is 9.60. The van der Waals surface area contributed by atoms with E-state index in [0.29, 0.717) is 23.1 Å². The highest BCUT2D eigenvalue weighted by molar-refractivity contribution is 6.10. The third-order valence-corrected chi connectivity index (χ3v) is 5.09. The Kier molecular flexibility index (Phi) is 4.85. The lowest BCUT2D eigenvalue weighted by Gasteiger charge is -2.13. The van der Waals surface area contributed by atoms with Gasteiger partial charge in [-0.25, -0.2) is 4.98 Å². The van der Waals surface area contributed by atoms with Crippen molar-refractivity contribution in [2.45, 2.75) is 27.3 Å². The van der Waals surface area contributed by atoms with Crippen LogP contribution in [0.3, 0.4) is 0 Å². The van der Waals surface area contributed by atoms with Crippen LogP contribution in [0.25, 0.3) is 11.0 Å². The van der Waals surface area contributed by atoms with Crippen LogP contribution >= 0.6 is 0 Å². The van der Waals surface area contributed by atoms with E-state index < -0.39 is 0 Å². The van der Waals surface area contributed by atoms with E-state index in [2.05, 4.69) is 29.2 Å². The molecule has 4 nitrogen and oxygen atoms in total. The largest absolute Gasteiger partial charge is 0.327 e. The van der Waals surface area contributed by atoms with Crippen LogP contribution in [0.1, 0.15) is 38.3 Å². The van der Waals surface area contributed by atoms with Crippen LogP contribution in [-0.2, 0) is 6.54 Å². The van der Waals surface area contributed by atoms with E-state index in [1.165, 1.54) is 5.56 Å². The van der Waals surface area contributed by atoms with E-state index in [-0.39, 0.29) is 16.8 Å². The van der Waals surface area contributed by atoms with Gasteiger partial charge in [0.05, 0.1) is 10.9 Å². The predicted octanol–water partition coefficient (Wildman–Crippen LogP) is 4.60. The van der Waals surface area contributed by atoms with Gasteiger partial charge >= 0.3 is 0 Å². The van der Waals surface area contributed by atoms with Crippen LogP contribution in [-0.4, -0.2) is 15.3 Å². The number of fused-ring (bicyclic) bond motifs is 1. The van der Waals surface area contributed by atoms with Gasteiger partial charge in [-0.2, -0.15) is 0 Å². The second-order valence-electron chi connectivity index (χ2n) is 7.50. The maximum absolute atomic E-state index is 13.1. The molecule has 0 amide bonds. The molecule has 4 aromatic rings. The molecule has 0 unspecified atom stereocenters. The summed E-state index contributed by atoms with van der Waals surface area (Å²) in [6.07, 6.45) is 1.65. The normalized spacial score (nSPS) is 11.0. The van der Waals surface area contributed by atoms with Crippen molar-refractivity contribution in [2.24, 2.45) is 0 Å². The van der Waals surface area contributed by atoms with Crippen molar-refractivity contribution in [3.05, 3.63) is 111 Å². The zero-order valence-corrected chi connectivity index (χ0v) is 16.8. The molecule has 0 fully saturated rings. The van der Waals surface area contributed by atoms with Gasteiger partial charge in [-0.15, -0.1) is 0 Å². The second-order valence-corrected chi connectivity index (χ2v) is 7.50. The minimum absolute atomic E-state index is 0.166. The van der Waals surface area contributed by atoms with Crippen molar-refractivity contribution >= 4 is 16.8 Å². The summed E-state index contributed by atoms with van der Waals surface area (Å²) in [5.74, 6) is -0.268. The molecule has 0 N–H and O–H groups in total. The lowest BCUT2D eigenvalue weighted by molar-refractivity contribution is 0.103. The Morgan fingerprint density at radius 2 is 1.48 bits per heavy atom. The minimum Gasteiger partial charge on any atom is -0.327 e. The fraction of sp³-hybridized carbons (Fsp3) is 0.160. The summed E-state index contributed by atoms with van der Waals surface area (Å²) >= 11 is 0. The Hall–Kier alpha value is -3.53. The van der Waals surface area contributed by atoms with Gasteiger partial charge in [-0.1, -0.05) is 59.7 Å². The van der Waals surface area contributed by atoms with E-state index >= 15 is 0 Å². The smallest absolute Gasteiger partial charge is 0.202 e. The number of pyridine rings is 2. The summed E-state index contributed by atoms with van der Waals surface area (Å²) in [5, 5.41) is 0.459. The lowest BCUT2D eigenvalue weighted by atomic mass is 10.0. The molecule has 4 rings (SSSR count). The maximum atomic E-state index is 13.1. The molecule has 0 atom stereocenters. The van der Waals surface area contributed by atoms with Crippen molar-refractivity contribution < 1.29 is 4.79 Å². The molecule has 29 heavy (non-hydrogen) atoms. The molecule has 0 aliphatic rings. The van der Waals surface area contributed by atoms with Crippen LogP contribution in [0, 0.1) is 20.8 Å².